The maximum Gasteiger partial charge on any atom is 0.193 e. The molecule has 4 N–H and O–H groups in total. The lowest BCUT2D eigenvalue weighted by atomic mass is 10.3. The minimum absolute atomic E-state index is 0. The number of nitrogens with one attached hydrogen (secondary N) is 2. The molecule has 0 saturated carbocycles. The van der Waals surface area contributed by atoms with Crippen molar-refractivity contribution in [1.82, 2.24) is 9.97 Å². The summed E-state index contributed by atoms with van der Waals surface area (Å²) in [5.41, 5.74) is 8.83. The van der Waals surface area contributed by atoms with Crippen molar-refractivity contribution >= 4 is 46.7 Å². The number of nitrogens with two attached hydrogens (primary N) is 1. The third-order valence-corrected chi connectivity index (χ3v) is 3.63. The molecule has 6 nitrogen and oxygen atoms in total. The molecule has 0 unspecified atom stereocenters. The Morgan fingerprint density at radius 3 is 2.88 bits per heavy atom. The number of aryl methyl sites for hydroxylation is 1. The Morgan fingerprint density at radius 1 is 1.24 bits per heavy atom. The number of imidazole rings is 1. The first-order valence-corrected chi connectivity index (χ1v) is 7.89. The van der Waals surface area contributed by atoms with Gasteiger partial charge in [-0.2, -0.15) is 0 Å². The Bertz CT molecular complexity index is 813. The molecule has 7 heteroatoms. The zero-order valence-corrected chi connectivity index (χ0v) is 16.4. The molecule has 0 radical (unpaired) electrons. The average molecular weight is 451 g/mol. The maximum absolute atomic E-state index is 5.91. The van der Waals surface area contributed by atoms with Crippen molar-refractivity contribution < 1.29 is 4.74 Å². The number of para-hydroxylation sites is 2. The lowest BCUT2D eigenvalue weighted by Crippen LogP contribution is -2.22. The number of aromatic amines is 1. The van der Waals surface area contributed by atoms with E-state index in [-0.39, 0.29) is 24.0 Å². The van der Waals surface area contributed by atoms with Crippen molar-refractivity contribution in [1.29, 1.82) is 0 Å². The van der Waals surface area contributed by atoms with E-state index >= 15 is 0 Å². The molecular weight excluding hydrogens is 429 g/mol. The van der Waals surface area contributed by atoms with Gasteiger partial charge >= 0.3 is 0 Å². The summed E-state index contributed by atoms with van der Waals surface area (Å²) in [5, 5.41) is 3.06. The lowest BCUT2D eigenvalue weighted by molar-refractivity contribution is 0.415. The molecule has 0 aliphatic carbocycles. The van der Waals surface area contributed by atoms with Gasteiger partial charge in [0.25, 0.3) is 0 Å². The summed E-state index contributed by atoms with van der Waals surface area (Å²) in [4.78, 5) is 12.2. The van der Waals surface area contributed by atoms with Gasteiger partial charge in [0.05, 0.1) is 18.1 Å². The SMILES string of the molecule is COc1cccc(NC(N)=NCCCc2nc3ccccc3[nH]2)c1.I. The van der Waals surface area contributed by atoms with Crippen molar-refractivity contribution in [3.63, 3.8) is 0 Å². The van der Waals surface area contributed by atoms with E-state index < -0.39 is 0 Å². The molecule has 0 aliphatic rings. The van der Waals surface area contributed by atoms with Crippen molar-refractivity contribution in [2.45, 2.75) is 12.8 Å². The minimum Gasteiger partial charge on any atom is -0.497 e. The summed E-state index contributed by atoms with van der Waals surface area (Å²) in [6, 6.07) is 15.6. The number of methoxy groups -OCH3 is 1. The van der Waals surface area contributed by atoms with E-state index in [4.69, 9.17) is 10.5 Å². The van der Waals surface area contributed by atoms with Gasteiger partial charge in [-0.15, -0.1) is 24.0 Å². The molecule has 3 rings (SSSR count). The zero-order valence-electron chi connectivity index (χ0n) is 14.0. The van der Waals surface area contributed by atoms with Crippen LogP contribution in [-0.4, -0.2) is 29.6 Å². The summed E-state index contributed by atoms with van der Waals surface area (Å²) < 4.78 is 5.18. The highest BCUT2D eigenvalue weighted by molar-refractivity contribution is 14.0. The van der Waals surface area contributed by atoms with Gasteiger partial charge in [-0.3, -0.25) is 4.99 Å². The number of ether oxygens (including phenoxy) is 1. The smallest absolute Gasteiger partial charge is 0.193 e. The molecule has 0 spiro atoms. The number of nitrogens with zero attached hydrogens (tertiary/aromatic N) is 2. The van der Waals surface area contributed by atoms with Crippen molar-refractivity contribution in [2.75, 3.05) is 19.0 Å². The second-order valence-electron chi connectivity index (χ2n) is 5.43. The number of guanidine groups is 1. The van der Waals surface area contributed by atoms with Gasteiger partial charge in [-0.05, 0) is 30.7 Å². The summed E-state index contributed by atoms with van der Waals surface area (Å²) in [5.74, 6) is 2.15. The molecule has 0 aliphatic heterocycles. The first-order valence-electron chi connectivity index (χ1n) is 7.89. The van der Waals surface area contributed by atoms with E-state index in [0.29, 0.717) is 12.5 Å². The number of aromatic nitrogens is 2. The number of benzene rings is 2. The lowest BCUT2D eigenvalue weighted by Gasteiger charge is -2.07. The molecule has 1 aromatic heterocycles. The van der Waals surface area contributed by atoms with Crippen LogP contribution in [0.4, 0.5) is 5.69 Å². The van der Waals surface area contributed by atoms with Crippen LogP contribution in [-0.2, 0) is 6.42 Å². The number of halogens is 1. The maximum atomic E-state index is 5.91. The van der Waals surface area contributed by atoms with E-state index in [1.165, 1.54) is 0 Å². The largest absolute Gasteiger partial charge is 0.497 e. The molecule has 0 amide bonds. The summed E-state index contributed by atoms with van der Waals surface area (Å²) in [7, 11) is 1.63. The number of rotatable bonds is 6. The number of anilines is 1. The fraction of sp³-hybridized carbons (Fsp3) is 0.222. The van der Waals surface area contributed by atoms with Crippen LogP contribution in [0.15, 0.2) is 53.5 Å². The molecule has 132 valence electrons. The van der Waals surface area contributed by atoms with Crippen molar-refractivity contribution in [3.8, 4) is 5.75 Å². The number of fused-ring (bicyclic) bond motifs is 1. The predicted octanol–water partition coefficient (Wildman–Crippen LogP) is 3.55. The van der Waals surface area contributed by atoms with Gasteiger partial charge in [0.2, 0.25) is 0 Å². The second kappa shape index (κ2) is 9.26. The fourth-order valence-corrected chi connectivity index (χ4v) is 2.46. The Balaban J connectivity index is 0.00000225. The molecule has 0 bridgehead atoms. The van der Waals surface area contributed by atoms with Crippen LogP contribution >= 0.6 is 24.0 Å². The summed E-state index contributed by atoms with van der Waals surface area (Å²) in [6.07, 6.45) is 1.71. The molecule has 0 fully saturated rings. The Morgan fingerprint density at radius 2 is 2.08 bits per heavy atom. The second-order valence-corrected chi connectivity index (χ2v) is 5.43. The van der Waals surface area contributed by atoms with Gasteiger partial charge in [0.1, 0.15) is 11.6 Å². The van der Waals surface area contributed by atoms with Crippen LogP contribution in [0.2, 0.25) is 0 Å². The third kappa shape index (κ3) is 5.35. The normalized spacial score (nSPS) is 11.2. The molecule has 1 heterocycles. The molecule has 25 heavy (non-hydrogen) atoms. The van der Waals surface area contributed by atoms with Crippen LogP contribution in [0, 0.1) is 0 Å². The number of H-pyrrole nitrogens is 1. The van der Waals surface area contributed by atoms with Crippen LogP contribution in [0.3, 0.4) is 0 Å². The van der Waals surface area contributed by atoms with E-state index in [9.17, 15) is 0 Å². The highest BCUT2D eigenvalue weighted by Crippen LogP contribution is 2.16. The van der Waals surface area contributed by atoms with E-state index in [1.807, 2.05) is 48.5 Å². The van der Waals surface area contributed by atoms with Crippen molar-refractivity contribution in [3.05, 3.63) is 54.4 Å². The molecule has 0 saturated heterocycles. The van der Waals surface area contributed by atoms with Gasteiger partial charge in [-0.25, -0.2) is 4.98 Å². The topological polar surface area (TPSA) is 88.3 Å². The van der Waals surface area contributed by atoms with E-state index in [0.717, 1.165) is 41.1 Å². The predicted molar refractivity (Wildman–Crippen MR) is 113 cm³/mol. The first kappa shape index (κ1) is 19.0. The average Bonchev–Trinajstić information content (AvgIpc) is 3.01. The van der Waals surface area contributed by atoms with E-state index in [2.05, 4.69) is 20.3 Å². The standard InChI is InChI=1S/C18H21N5O.HI/c1-24-14-7-4-6-13(12-14)21-18(19)20-11-5-10-17-22-15-8-2-3-9-16(15)23-17;/h2-4,6-9,12H,5,10-11H2,1H3,(H,22,23)(H3,19,20,21);1H. The minimum atomic E-state index is 0. The van der Waals surface area contributed by atoms with Crippen LogP contribution < -0.4 is 15.8 Å². The van der Waals surface area contributed by atoms with Gasteiger partial charge in [-0.1, -0.05) is 18.2 Å². The van der Waals surface area contributed by atoms with Crippen LogP contribution in [0.25, 0.3) is 11.0 Å². The molecule has 3 aromatic rings. The first-order chi connectivity index (χ1) is 11.7. The van der Waals surface area contributed by atoms with Gasteiger partial charge in [0.15, 0.2) is 5.96 Å². The third-order valence-electron chi connectivity index (χ3n) is 3.63. The fourth-order valence-electron chi connectivity index (χ4n) is 2.46. The van der Waals surface area contributed by atoms with E-state index in [1.54, 1.807) is 7.11 Å². The zero-order chi connectivity index (χ0) is 16.8. The Hall–Kier alpha value is -2.29. The van der Waals surface area contributed by atoms with Crippen LogP contribution in [0.5, 0.6) is 5.75 Å². The number of hydrogen-bond acceptors (Lipinski definition) is 3. The van der Waals surface area contributed by atoms with Crippen molar-refractivity contribution in [2.24, 2.45) is 10.7 Å². The molecule has 0 atom stereocenters. The summed E-state index contributed by atoms with van der Waals surface area (Å²) >= 11 is 0. The molecule has 2 aromatic carbocycles. The highest BCUT2D eigenvalue weighted by atomic mass is 127. The Kier molecular flexibility index (Phi) is 7.05. The molecular formula is C18H22IN5O. The Labute approximate surface area is 163 Å². The van der Waals surface area contributed by atoms with Crippen LogP contribution in [0.1, 0.15) is 12.2 Å². The number of hydrogen-bond donors (Lipinski definition) is 3. The quantitative estimate of drug-likeness (QED) is 0.232. The van der Waals surface area contributed by atoms with Gasteiger partial charge < -0.3 is 20.8 Å². The monoisotopic (exact) mass is 451 g/mol. The highest BCUT2D eigenvalue weighted by Gasteiger charge is 2.02. The number of aliphatic imine (C=N–C) groups is 1. The summed E-state index contributed by atoms with van der Waals surface area (Å²) in [6.45, 7) is 0.639. The van der Waals surface area contributed by atoms with Gasteiger partial charge in [0, 0.05) is 24.7 Å².